The molecule has 0 aliphatic rings. The van der Waals surface area contributed by atoms with E-state index in [4.69, 9.17) is 6.42 Å². The summed E-state index contributed by atoms with van der Waals surface area (Å²) in [5.41, 5.74) is 1.86. The van der Waals surface area contributed by atoms with Crippen LogP contribution in [0.15, 0.2) is 18.3 Å². The molecule has 2 nitrogen and oxygen atoms in total. The molecule has 1 N–H and O–H groups in total. The maximum atomic E-state index is 5.23. The summed E-state index contributed by atoms with van der Waals surface area (Å²) in [6.45, 7) is 2.08. The molecule has 0 aliphatic carbocycles. The molecule has 0 fully saturated rings. The van der Waals surface area contributed by atoms with Gasteiger partial charge in [-0.15, -0.1) is 6.42 Å². The second-order valence-electron chi connectivity index (χ2n) is 2.63. The molecule has 1 rings (SSSR count). The lowest BCUT2D eigenvalue weighted by atomic mass is 10.1. The molecule has 1 atom stereocenters. The number of terminal acetylenes is 1. The third kappa shape index (κ3) is 1.84. The monoisotopic (exact) mass is 160 g/mol. The van der Waals surface area contributed by atoms with Crippen molar-refractivity contribution in [3.63, 3.8) is 0 Å². The van der Waals surface area contributed by atoms with Crippen LogP contribution < -0.4 is 5.32 Å². The Labute approximate surface area is 73.0 Å². The predicted molar refractivity (Wildman–Crippen MR) is 49.6 cm³/mol. The summed E-state index contributed by atoms with van der Waals surface area (Å²) in [4.78, 5) is 4.01. The van der Waals surface area contributed by atoms with Gasteiger partial charge in [-0.05, 0) is 31.7 Å². The summed E-state index contributed by atoms with van der Waals surface area (Å²) in [7, 11) is 1.92. The van der Waals surface area contributed by atoms with Crippen LogP contribution in [-0.4, -0.2) is 12.0 Å². The van der Waals surface area contributed by atoms with Gasteiger partial charge in [-0.2, -0.15) is 0 Å². The van der Waals surface area contributed by atoms with Crippen LogP contribution in [0.4, 0.5) is 0 Å². The van der Waals surface area contributed by atoms with Crippen LogP contribution in [0.25, 0.3) is 0 Å². The Kier molecular flexibility index (Phi) is 2.84. The van der Waals surface area contributed by atoms with Crippen molar-refractivity contribution in [3.05, 3.63) is 29.6 Å². The van der Waals surface area contributed by atoms with E-state index in [-0.39, 0.29) is 0 Å². The first-order chi connectivity index (χ1) is 5.77. The Hall–Kier alpha value is -1.33. The molecule has 2 heteroatoms. The van der Waals surface area contributed by atoms with Gasteiger partial charge in [0, 0.05) is 12.2 Å². The van der Waals surface area contributed by atoms with Crippen LogP contribution in [0.5, 0.6) is 0 Å². The third-order valence-electron chi connectivity index (χ3n) is 1.86. The summed E-state index contributed by atoms with van der Waals surface area (Å²) < 4.78 is 0. The van der Waals surface area contributed by atoms with Gasteiger partial charge < -0.3 is 5.32 Å². The van der Waals surface area contributed by atoms with Gasteiger partial charge in [-0.3, -0.25) is 0 Å². The van der Waals surface area contributed by atoms with Crippen LogP contribution >= 0.6 is 0 Å². The molecule has 0 radical (unpaired) electrons. The van der Waals surface area contributed by atoms with E-state index in [1.807, 2.05) is 19.2 Å². The van der Waals surface area contributed by atoms with E-state index in [1.165, 1.54) is 5.56 Å². The second-order valence-corrected chi connectivity index (χ2v) is 2.63. The van der Waals surface area contributed by atoms with Crippen LogP contribution in [0.2, 0.25) is 0 Å². The SMILES string of the molecule is C#Cc1cc([C@@H](C)NC)ccn1. The molecule has 62 valence electrons. The Morgan fingerprint density at radius 2 is 2.42 bits per heavy atom. The Balaban J connectivity index is 2.95. The van der Waals surface area contributed by atoms with Crippen LogP contribution in [0.1, 0.15) is 24.2 Å². The summed E-state index contributed by atoms with van der Waals surface area (Å²) >= 11 is 0. The van der Waals surface area contributed by atoms with Gasteiger partial charge in [0.1, 0.15) is 5.69 Å². The van der Waals surface area contributed by atoms with Gasteiger partial charge in [0.2, 0.25) is 0 Å². The topological polar surface area (TPSA) is 24.9 Å². The molecule has 1 aromatic heterocycles. The second kappa shape index (κ2) is 3.89. The van der Waals surface area contributed by atoms with E-state index in [0.717, 1.165) is 0 Å². The minimum Gasteiger partial charge on any atom is -0.313 e. The lowest BCUT2D eigenvalue weighted by Crippen LogP contribution is -2.12. The molecule has 1 aromatic rings. The lowest BCUT2D eigenvalue weighted by Gasteiger charge is -2.09. The first-order valence-electron chi connectivity index (χ1n) is 3.87. The quantitative estimate of drug-likeness (QED) is 0.660. The van der Waals surface area contributed by atoms with Crippen molar-refractivity contribution in [2.75, 3.05) is 7.05 Å². The molecule has 0 saturated heterocycles. The summed E-state index contributed by atoms with van der Waals surface area (Å²) in [6, 6.07) is 4.20. The zero-order valence-corrected chi connectivity index (χ0v) is 7.33. The number of hydrogen-bond donors (Lipinski definition) is 1. The smallest absolute Gasteiger partial charge is 0.113 e. The highest BCUT2D eigenvalue weighted by molar-refractivity contribution is 5.29. The average molecular weight is 160 g/mol. The molecule has 0 unspecified atom stereocenters. The van der Waals surface area contributed by atoms with Crippen molar-refractivity contribution in [1.29, 1.82) is 0 Å². The van der Waals surface area contributed by atoms with Crippen LogP contribution in [0, 0.1) is 12.3 Å². The molecule has 0 aliphatic heterocycles. The molecule has 0 aromatic carbocycles. The summed E-state index contributed by atoms with van der Waals surface area (Å²) in [6.07, 6.45) is 6.96. The van der Waals surface area contributed by atoms with Crippen LogP contribution in [0.3, 0.4) is 0 Å². The fourth-order valence-electron chi connectivity index (χ4n) is 0.962. The highest BCUT2D eigenvalue weighted by atomic mass is 14.9. The molecule has 1 heterocycles. The molecule has 0 amide bonds. The minimum atomic E-state index is 0.320. The van der Waals surface area contributed by atoms with Crippen LogP contribution in [-0.2, 0) is 0 Å². The predicted octanol–water partition coefficient (Wildman–Crippen LogP) is 1.34. The van der Waals surface area contributed by atoms with E-state index in [9.17, 15) is 0 Å². The summed E-state index contributed by atoms with van der Waals surface area (Å²) in [5, 5.41) is 3.14. The zero-order valence-electron chi connectivity index (χ0n) is 7.33. The van der Waals surface area contributed by atoms with Crippen molar-refractivity contribution in [2.45, 2.75) is 13.0 Å². The van der Waals surface area contributed by atoms with E-state index in [2.05, 4.69) is 23.1 Å². The maximum Gasteiger partial charge on any atom is 0.113 e. The molecular weight excluding hydrogens is 148 g/mol. The summed E-state index contributed by atoms with van der Waals surface area (Å²) in [5.74, 6) is 2.51. The highest BCUT2D eigenvalue weighted by Gasteiger charge is 2.01. The third-order valence-corrected chi connectivity index (χ3v) is 1.86. The van der Waals surface area contributed by atoms with Gasteiger partial charge in [0.05, 0.1) is 0 Å². The van der Waals surface area contributed by atoms with Crippen molar-refractivity contribution >= 4 is 0 Å². The highest BCUT2D eigenvalue weighted by Crippen LogP contribution is 2.10. The number of hydrogen-bond acceptors (Lipinski definition) is 2. The minimum absolute atomic E-state index is 0.320. The molecule has 0 spiro atoms. The largest absolute Gasteiger partial charge is 0.313 e. The Morgan fingerprint density at radius 1 is 1.67 bits per heavy atom. The van der Waals surface area contributed by atoms with E-state index in [0.29, 0.717) is 11.7 Å². The molecule has 12 heavy (non-hydrogen) atoms. The zero-order chi connectivity index (χ0) is 8.97. The number of pyridine rings is 1. The molecule has 0 bridgehead atoms. The van der Waals surface area contributed by atoms with Gasteiger partial charge in [0.15, 0.2) is 0 Å². The Morgan fingerprint density at radius 3 is 3.00 bits per heavy atom. The number of nitrogens with one attached hydrogen (secondary N) is 1. The first kappa shape index (κ1) is 8.76. The number of nitrogens with zero attached hydrogens (tertiary/aromatic N) is 1. The normalized spacial score (nSPS) is 12.1. The van der Waals surface area contributed by atoms with Crippen molar-refractivity contribution in [2.24, 2.45) is 0 Å². The first-order valence-corrected chi connectivity index (χ1v) is 3.87. The fourth-order valence-corrected chi connectivity index (χ4v) is 0.962. The van der Waals surface area contributed by atoms with Crippen molar-refractivity contribution in [1.82, 2.24) is 10.3 Å². The molecular formula is C10H12N2. The van der Waals surface area contributed by atoms with Gasteiger partial charge >= 0.3 is 0 Å². The van der Waals surface area contributed by atoms with Crippen molar-refractivity contribution in [3.8, 4) is 12.3 Å². The lowest BCUT2D eigenvalue weighted by molar-refractivity contribution is 0.651. The maximum absolute atomic E-state index is 5.23. The number of aromatic nitrogens is 1. The van der Waals surface area contributed by atoms with Crippen molar-refractivity contribution < 1.29 is 0 Å². The van der Waals surface area contributed by atoms with E-state index in [1.54, 1.807) is 6.20 Å². The molecule has 0 saturated carbocycles. The van der Waals surface area contributed by atoms with Gasteiger partial charge in [0.25, 0.3) is 0 Å². The fraction of sp³-hybridized carbons (Fsp3) is 0.300. The van der Waals surface area contributed by atoms with Gasteiger partial charge in [-0.1, -0.05) is 5.92 Å². The number of rotatable bonds is 2. The van der Waals surface area contributed by atoms with Gasteiger partial charge in [-0.25, -0.2) is 4.98 Å². The van der Waals surface area contributed by atoms with E-state index < -0.39 is 0 Å². The Bertz CT molecular complexity index is 299. The van der Waals surface area contributed by atoms with E-state index >= 15 is 0 Å². The average Bonchev–Trinajstić information content (AvgIpc) is 2.17. The standard InChI is InChI=1S/C10H12N2/c1-4-10-7-9(5-6-12-10)8(2)11-3/h1,5-8,11H,2-3H3/t8-/m1/s1.